The van der Waals surface area contributed by atoms with Crippen molar-refractivity contribution < 1.29 is 14.3 Å². The van der Waals surface area contributed by atoms with Gasteiger partial charge in [-0.05, 0) is 18.7 Å². The first kappa shape index (κ1) is 15.9. The van der Waals surface area contributed by atoms with Crippen molar-refractivity contribution in [2.75, 3.05) is 52.0 Å². The molecule has 0 aromatic heterocycles. The van der Waals surface area contributed by atoms with Gasteiger partial charge in [-0.25, -0.2) is 0 Å². The fourth-order valence-corrected chi connectivity index (χ4v) is 2.47. The molecule has 1 aromatic rings. The highest BCUT2D eigenvalue weighted by molar-refractivity contribution is 5.94. The highest BCUT2D eigenvalue weighted by Crippen LogP contribution is 2.24. The summed E-state index contributed by atoms with van der Waals surface area (Å²) in [7, 11) is 3.72. The average molecular weight is 292 g/mol. The van der Waals surface area contributed by atoms with Crippen LogP contribution in [0.4, 0.5) is 5.69 Å². The Balaban J connectivity index is 1.97. The van der Waals surface area contributed by atoms with Crippen LogP contribution in [0.3, 0.4) is 0 Å². The minimum atomic E-state index is 0.121. The van der Waals surface area contributed by atoms with E-state index in [2.05, 4.69) is 18.0 Å². The highest BCUT2D eigenvalue weighted by atomic mass is 16.5. The summed E-state index contributed by atoms with van der Waals surface area (Å²) in [5, 5.41) is 0. The number of hydrogen-bond acceptors (Lipinski definition) is 4. The first-order valence-electron chi connectivity index (χ1n) is 7.36. The monoisotopic (exact) mass is 292 g/mol. The molecular weight excluding hydrogens is 268 g/mol. The maximum atomic E-state index is 12.4. The van der Waals surface area contributed by atoms with E-state index in [-0.39, 0.29) is 5.91 Å². The first-order valence-corrected chi connectivity index (χ1v) is 7.36. The molecule has 0 aliphatic carbocycles. The Hall–Kier alpha value is -1.43. The predicted octanol–water partition coefficient (Wildman–Crippen LogP) is 1.52. The van der Waals surface area contributed by atoms with E-state index >= 15 is 0 Å². The van der Waals surface area contributed by atoms with Crippen LogP contribution in [-0.4, -0.2) is 57.9 Å². The Morgan fingerprint density at radius 1 is 1.19 bits per heavy atom. The molecule has 21 heavy (non-hydrogen) atoms. The van der Waals surface area contributed by atoms with Crippen LogP contribution in [0.15, 0.2) is 24.3 Å². The van der Waals surface area contributed by atoms with E-state index in [9.17, 15) is 4.79 Å². The maximum absolute atomic E-state index is 12.4. The van der Waals surface area contributed by atoms with Gasteiger partial charge in [0.05, 0.1) is 26.2 Å². The van der Waals surface area contributed by atoms with Crippen LogP contribution in [0.1, 0.15) is 12.0 Å². The molecule has 0 saturated carbocycles. The largest absolute Gasteiger partial charge is 0.382 e. The number of benzene rings is 1. The van der Waals surface area contributed by atoms with Gasteiger partial charge in [-0.1, -0.05) is 18.2 Å². The fourth-order valence-electron chi connectivity index (χ4n) is 2.47. The summed E-state index contributed by atoms with van der Waals surface area (Å²) < 4.78 is 10.3. The van der Waals surface area contributed by atoms with Crippen molar-refractivity contribution in [2.24, 2.45) is 0 Å². The first-order chi connectivity index (χ1) is 10.2. The van der Waals surface area contributed by atoms with Gasteiger partial charge in [-0.2, -0.15) is 0 Å². The second-order valence-electron chi connectivity index (χ2n) is 5.27. The number of ether oxygens (including phenoxy) is 2. The Morgan fingerprint density at radius 3 is 2.81 bits per heavy atom. The van der Waals surface area contributed by atoms with Gasteiger partial charge in [0.25, 0.3) is 0 Å². The molecule has 116 valence electrons. The van der Waals surface area contributed by atoms with Gasteiger partial charge in [-0.3, -0.25) is 4.79 Å². The number of amides is 1. The second kappa shape index (κ2) is 8.12. The number of carbonyl (C=O) groups is 1. The topological polar surface area (TPSA) is 42.0 Å². The molecule has 0 saturated heterocycles. The van der Waals surface area contributed by atoms with E-state index in [0.29, 0.717) is 26.2 Å². The van der Waals surface area contributed by atoms with E-state index in [1.165, 1.54) is 5.56 Å². The number of likely N-dealkylation sites (N-methyl/N-ethyl adjacent to an activating group) is 1. The zero-order chi connectivity index (χ0) is 15.1. The van der Waals surface area contributed by atoms with Crippen molar-refractivity contribution >= 4 is 11.6 Å². The summed E-state index contributed by atoms with van der Waals surface area (Å²) in [6.45, 7) is 4.02. The van der Waals surface area contributed by atoms with Gasteiger partial charge in [0, 0.05) is 32.4 Å². The van der Waals surface area contributed by atoms with Crippen LogP contribution in [0.5, 0.6) is 0 Å². The molecule has 5 nitrogen and oxygen atoms in total. The maximum Gasteiger partial charge on any atom is 0.229 e. The smallest absolute Gasteiger partial charge is 0.229 e. The van der Waals surface area contributed by atoms with E-state index < -0.39 is 0 Å². The van der Waals surface area contributed by atoms with Gasteiger partial charge >= 0.3 is 0 Å². The minimum Gasteiger partial charge on any atom is -0.382 e. The molecule has 2 rings (SSSR count). The quantitative estimate of drug-likeness (QED) is 0.746. The zero-order valence-electron chi connectivity index (χ0n) is 12.9. The summed E-state index contributed by atoms with van der Waals surface area (Å²) in [6, 6.07) is 8.12. The summed E-state index contributed by atoms with van der Waals surface area (Å²) in [5.74, 6) is 0.121. The number of methoxy groups -OCH3 is 1. The van der Waals surface area contributed by atoms with Crippen LogP contribution in [0, 0.1) is 0 Å². The Bertz CT molecular complexity index is 465. The van der Waals surface area contributed by atoms with E-state index in [0.717, 1.165) is 25.3 Å². The molecule has 1 aliphatic heterocycles. The molecule has 0 bridgehead atoms. The predicted molar refractivity (Wildman–Crippen MR) is 82.4 cm³/mol. The minimum absolute atomic E-state index is 0.121. The number of hydrogen-bond donors (Lipinski definition) is 0. The van der Waals surface area contributed by atoms with Gasteiger partial charge in [0.15, 0.2) is 0 Å². The molecule has 0 spiro atoms. The molecule has 0 radical (unpaired) electrons. The molecule has 0 atom stereocenters. The van der Waals surface area contributed by atoms with Crippen molar-refractivity contribution in [1.29, 1.82) is 0 Å². The lowest BCUT2D eigenvalue weighted by Gasteiger charge is -2.22. The Morgan fingerprint density at radius 2 is 2.00 bits per heavy atom. The lowest BCUT2D eigenvalue weighted by Crippen LogP contribution is -2.35. The highest BCUT2D eigenvalue weighted by Gasteiger charge is 2.22. The van der Waals surface area contributed by atoms with Crippen LogP contribution in [0.25, 0.3) is 0 Å². The molecule has 1 heterocycles. The lowest BCUT2D eigenvalue weighted by molar-refractivity contribution is -0.119. The van der Waals surface area contributed by atoms with Gasteiger partial charge in [0.2, 0.25) is 5.91 Å². The third-order valence-corrected chi connectivity index (χ3v) is 3.62. The van der Waals surface area contributed by atoms with Crippen molar-refractivity contribution in [1.82, 2.24) is 4.90 Å². The molecular formula is C16H24N2O3. The summed E-state index contributed by atoms with van der Waals surface area (Å²) in [4.78, 5) is 16.6. The normalized spacial score (nSPS) is 15.6. The summed E-state index contributed by atoms with van der Waals surface area (Å²) in [6.07, 6.45) is 0.405. The van der Waals surface area contributed by atoms with Crippen molar-refractivity contribution in [3.05, 3.63) is 29.8 Å². The third kappa shape index (κ3) is 4.52. The molecule has 1 aromatic carbocycles. The van der Waals surface area contributed by atoms with Crippen molar-refractivity contribution in [2.45, 2.75) is 13.0 Å². The zero-order valence-corrected chi connectivity index (χ0v) is 12.9. The number of fused-ring (bicyclic) bond motifs is 1. The summed E-state index contributed by atoms with van der Waals surface area (Å²) >= 11 is 0. The second-order valence-corrected chi connectivity index (χ2v) is 5.27. The molecule has 0 fully saturated rings. The van der Waals surface area contributed by atoms with Gasteiger partial charge in [-0.15, -0.1) is 0 Å². The fraction of sp³-hybridized carbons (Fsp3) is 0.562. The van der Waals surface area contributed by atoms with Crippen LogP contribution >= 0.6 is 0 Å². The number of para-hydroxylation sites is 1. The standard InChI is InChI=1S/C16H24N2O3/c1-17-8-9-18(15-6-4-3-5-14(15)13-17)16(19)7-10-21-12-11-20-2/h3-6H,7-13H2,1-2H3. The Labute approximate surface area is 126 Å². The van der Waals surface area contributed by atoms with Crippen molar-refractivity contribution in [3.8, 4) is 0 Å². The number of rotatable bonds is 6. The third-order valence-electron chi connectivity index (χ3n) is 3.62. The van der Waals surface area contributed by atoms with E-state index in [1.807, 2.05) is 23.1 Å². The number of anilines is 1. The molecule has 1 aliphatic rings. The average Bonchev–Trinajstić information content (AvgIpc) is 2.65. The SMILES string of the molecule is COCCOCCC(=O)N1CCN(C)Cc2ccccc21. The molecule has 1 amide bonds. The van der Waals surface area contributed by atoms with Crippen LogP contribution < -0.4 is 4.90 Å². The number of nitrogens with zero attached hydrogens (tertiary/aromatic N) is 2. The molecule has 0 unspecified atom stereocenters. The van der Waals surface area contributed by atoms with Gasteiger partial charge in [0.1, 0.15) is 0 Å². The van der Waals surface area contributed by atoms with E-state index in [1.54, 1.807) is 7.11 Å². The van der Waals surface area contributed by atoms with Crippen molar-refractivity contribution in [3.63, 3.8) is 0 Å². The van der Waals surface area contributed by atoms with Crippen LogP contribution in [0.2, 0.25) is 0 Å². The summed E-state index contributed by atoms with van der Waals surface area (Å²) in [5.41, 5.74) is 2.23. The van der Waals surface area contributed by atoms with Gasteiger partial charge < -0.3 is 19.3 Å². The molecule has 5 heteroatoms. The Kier molecular flexibility index (Phi) is 6.17. The van der Waals surface area contributed by atoms with E-state index in [4.69, 9.17) is 9.47 Å². The number of carbonyl (C=O) groups excluding carboxylic acids is 1. The lowest BCUT2D eigenvalue weighted by atomic mass is 10.1. The van der Waals surface area contributed by atoms with Crippen LogP contribution in [-0.2, 0) is 20.8 Å². The molecule has 0 N–H and O–H groups in total.